The van der Waals surface area contributed by atoms with E-state index in [0.29, 0.717) is 24.9 Å². The van der Waals surface area contributed by atoms with Crippen LogP contribution in [0.4, 0.5) is 0 Å². The van der Waals surface area contributed by atoms with Gasteiger partial charge in [0, 0.05) is 19.2 Å². The lowest BCUT2D eigenvalue weighted by molar-refractivity contribution is 0.301. The smallest absolute Gasteiger partial charge is 0.214 e. The molecule has 154 valence electrons. The number of aromatic nitrogens is 1. The van der Waals surface area contributed by atoms with Crippen LogP contribution >= 0.6 is 0 Å². The third-order valence-corrected chi connectivity index (χ3v) is 4.63. The topological polar surface area (TPSA) is 71.7 Å². The number of oxazole rings is 1. The number of unbranched alkanes of at least 4 members (excludes halogenated alkanes) is 3. The van der Waals surface area contributed by atoms with Gasteiger partial charge in [0.05, 0.1) is 18.8 Å². The zero-order valence-corrected chi connectivity index (χ0v) is 17.9. The number of rotatable bonds is 10. The third kappa shape index (κ3) is 6.91. The lowest BCUT2D eigenvalue weighted by Crippen LogP contribution is -2.36. The van der Waals surface area contributed by atoms with E-state index in [4.69, 9.17) is 9.15 Å². The van der Waals surface area contributed by atoms with E-state index < -0.39 is 0 Å². The summed E-state index contributed by atoms with van der Waals surface area (Å²) in [5.41, 5.74) is 3.23. The lowest BCUT2D eigenvalue weighted by Gasteiger charge is -2.15. The fourth-order valence-electron chi connectivity index (χ4n) is 2.83. The molecular formula is C22H34N4O2. The van der Waals surface area contributed by atoms with Crippen molar-refractivity contribution >= 4 is 5.96 Å². The second kappa shape index (κ2) is 11.4. The second-order valence-corrected chi connectivity index (χ2v) is 7.05. The van der Waals surface area contributed by atoms with Crippen LogP contribution < -0.4 is 15.4 Å². The number of nitrogens with one attached hydrogen (secondary N) is 2. The molecule has 1 aromatic carbocycles. The van der Waals surface area contributed by atoms with Crippen molar-refractivity contribution in [3.63, 3.8) is 0 Å². The monoisotopic (exact) mass is 386 g/mol. The molecular weight excluding hydrogens is 352 g/mol. The van der Waals surface area contributed by atoms with Crippen LogP contribution in [-0.2, 0) is 13.1 Å². The molecule has 1 aromatic heterocycles. The molecule has 0 amide bonds. The van der Waals surface area contributed by atoms with Crippen molar-refractivity contribution in [1.29, 1.82) is 0 Å². The Kier molecular flexibility index (Phi) is 8.85. The zero-order chi connectivity index (χ0) is 20.4. The van der Waals surface area contributed by atoms with Crippen molar-refractivity contribution in [3.05, 3.63) is 46.7 Å². The number of benzene rings is 1. The zero-order valence-electron chi connectivity index (χ0n) is 17.9. The normalized spacial score (nSPS) is 11.5. The molecule has 0 aliphatic rings. The summed E-state index contributed by atoms with van der Waals surface area (Å²) in [6, 6.07) is 6.32. The molecule has 6 heteroatoms. The summed E-state index contributed by atoms with van der Waals surface area (Å²) in [6.07, 6.45) is 4.80. The van der Waals surface area contributed by atoms with Crippen molar-refractivity contribution in [1.82, 2.24) is 15.6 Å². The Morgan fingerprint density at radius 3 is 2.57 bits per heavy atom. The van der Waals surface area contributed by atoms with Gasteiger partial charge in [-0.3, -0.25) is 4.99 Å². The van der Waals surface area contributed by atoms with E-state index in [1.165, 1.54) is 24.8 Å². The predicted molar refractivity (Wildman–Crippen MR) is 114 cm³/mol. The van der Waals surface area contributed by atoms with Crippen LogP contribution in [0.5, 0.6) is 5.75 Å². The molecule has 0 saturated carbocycles. The van der Waals surface area contributed by atoms with Gasteiger partial charge in [-0.2, -0.15) is 0 Å². The van der Waals surface area contributed by atoms with Gasteiger partial charge in [-0.25, -0.2) is 4.98 Å². The van der Waals surface area contributed by atoms with Crippen LogP contribution in [0.1, 0.15) is 61.1 Å². The predicted octanol–water partition coefficient (Wildman–Crippen LogP) is 4.42. The van der Waals surface area contributed by atoms with Gasteiger partial charge >= 0.3 is 0 Å². The highest BCUT2D eigenvalue weighted by molar-refractivity contribution is 5.79. The van der Waals surface area contributed by atoms with Gasteiger partial charge < -0.3 is 19.8 Å². The van der Waals surface area contributed by atoms with Crippen molar-refractivity contribution in [2.75, 3.05) is 13.7 Å². The number of nitrogens with zero attached hydrogens (tertiary/aromatic N) is 2. The van der Waals surface area contributed by atoms with Gasteiger partial charge in [0.25, 0.3) is 0 Å². The van der Waals surface area contributed by atoms with E-state index in [-0.39, 0.29) is 0 Å². The van der Waals surface area contributed by atoms with E-state index in [2.05, 4.69) is 52.7 Å². The van der Waals surface area contributed by atoms with Crippen LogP contribution in [0.3, 0.4) is 0 Å². The minimum atomic E-state index is 0.489. The first-order valence-corrected chi connectivity index (χ1v) is 10.1. The lowest BCUT2D eigenvalue weighted by atomic mass is 10.1. The van der Waals surface area contributed by atoms with Crippen molar-refractivity contribution in [3.8, 4) is 5.75 Å². The number of aryl methyl sites for hydroxylation is 3. The second-order valence-electron chi connectivity index (χ2n) is 7.05. The largest absolute Gasteiger partial charge is 0.493 e. The molecule has 2 rings (SSSR count). The van der Waals surface area contributed by atoms with Crippen LogP contribution in [0, 0.1) is 20.8 Å². The highest BCUT2D eigenvalue weighted by atomic mass is 16.5. The molecule has 0 radical (unpaired) electrons. The maximum Gasteiger partial charge on any atom is 0.214 e. The van der Waals surface area contributed by atoms with Gasteiger partial charge in [-0.1, -0.05) is 38.3 Å². The Balaban J connectivity index is 1.88. The first kappa shape index (κ1) is 21.8. The van der Waals surface area contributed by atoms with Crippen LogP contribution in [0.2, 0.25) is 0 Å². The Bertz CT molecular complexity index is 748. The summed E-state index contributed by atoms with van der Waals surface area (Å²) in [5, 5.41) is 6.57. The summed E-state index contributed by atoms with van der Waals surface area (Å²) in [4.78, 5) is 8.66. The number of aliphatic imine (C=N–C) groups is 1. The SMILES string of the molecule is CCCCCCOc1cc(C)ccc1CNC(=NC)NCc1nc(C)c(C)o1. The average Bonchev–Trinajstić information content (AvgIpc) is 3.00. The van der Waals surface area contributed by atoms with E-state index in [0.717, 1.165) is 35.8 Å². The van der Waals surface area contributed by atoms with Gasteiger partial charge in [-0.05, 0) is 38.8 Å². The van der Waals surface area contributed by atoms with Gasteiger partial charge in [0.2, 0.25) is 5.89 Å². The standard InChI is InChI=1S/C22H34N4O2/c1-6-7-8-9-12-27-20-13-16(2)10-11-19(20)14-24-22(23-5)25-15-21-26-17(3)18(4)28-21/h10-11,13H,6-9,12,14-15H2,1-5H3,(H2,23,24,25). The molecule has 2 aromatic rings. The first-order valence-electron chi connectivity index (χ1n) is 10.1. The number of guanidine groups is 1. The molecule has 2 N–H and O–H groups in total. The Morgan fingerprint density at radius 2 is 1.89 bits per heavy atom. The summed E-state index contributed by atoms with van der Waals surface area (Å²) in [6.45, 7) is 10.0. The van der Waals surface area contributed by atoms with Gasteiger partial charge in [0.1, 0.15) is 11.5 Å². The fraction of sp³-hybridized carbons (Fsp3) is 0.545. The maximum atomic E-state index is 6.05. The highest BCUT2D eigenvalue weighted by Crippen LogP contribution is 2.21. The quantitative estimate of drug-likeness (QED) is 0.359. The van der Waals surface area contributed by atoms with Crippen molar-refractivity contribution in [2.45, 2.75) is 66.5 Å². The summed E-state index contributed by atoms with van der Waals surface area (Å²) < 4.78 is 11.7. The van der Waals surface area contributed by atoms with E-state index in [1.54, 1.807) is 7.05 Å². The molecule has 0 atom stereocenters. The third-order valence-electron chi connectivity index (χ3n) is 4.63. The van der Waals surface area contributed by atoms with E-state index >= 15 is 0 Å². The molecule has 0 spiro atoms. The summed E-state index contributed by atoms with van der Waals surface area (Å²) in [5.74, 6) is 3.14. The minimum Gasteiger partial charge on any atom is -0.493 e. The molecule has 0 saturated heterocycles. The summed E-state index contributed by atoms with van der Waals surface area (Å²) in [7, 11) is 1.75. The van der Waals surface area contributed by atoms with E-state index in [1.807, 2.05) is 13.8 Å². The Morgan fingerprint density at radius 1 is 1.11 bits per heavy atom. The van der Waals surface area contributed by atoms with Gasteiger partial charge in [-0.15, -0.1) is 0 Å². The molecule has 0 aliphatic carbocycles. The Hall–Kier alpha value is -2.50. The molecule has 6 nitrogen and oxygen atoms in total. The molecule has 1 heterocycles. The highest BCUT2D eigenvalue weighted by Gasteiger charge is 2.08. The number of ether oxygens (including phenoxy) is 1. The Labute approximate surface area is 168 Å². The summed E-state index contributed by atoms with van der Waals surface area (Å²) >= 11 is 0. The molecule has 0 fully saturated rings. The number of hydrogen-bond donors (Lipinski definition) is 2. The average molecular weight is 387 g/mol. The number of hydrogen-bond acceptors (Lipinski definition) is 4. The maximum absolute atomic E-state index is 6.05. The van der Waals surface area contributed by atoms with Crippen LogP contribution in [-0.4, -0.2) is 24.6 Å². The molecule has 0 unspecified atom stereocenters. The van der Waals surface area contributed by atoms with Crippen LogP contribution in [0.15, 0.2) is 27.6 Å². The van der Waals surface area contributed by atoms with Crippen molar-refractivity contribution < 1.29 is 9.15 Å². The molecule has 0 aliphatic heterocycles. The van der Waals surface area contributed by atoms with Gasteiger partial charge in [0.15, 0.2) is 5.96 Å². The first-order chi connectivity index (χ1) is 13.5. The van der Waals surface area contributed by atoms with Crippen LogP contribution in [0.25, 0.3) is 0 Å². The van der Waals surface area contributed by atoms with Crippen molar-refractivity contribution in [2.24, 2.45) is 4.99 Å². The molecule has 0 bridgehead atoms. The van der Waals surface area contributed by atoms with E-state index in [9.17, 15) is 0 Å². The minimum absolute atomic E-state index is 0.489. The fourth-order valence-corrected chi connectivity index (χ4v) is 2.83. The molecule has 28 heavy (non-hydrogen) atoms.